The minimum absolute atomic E-state index is 0.0128. The van der Waals surface area contributed by atoms with Crippen molar-refractivity contribution in [2.75, 3.05) is 13.7 Å². The van der Waals surface area contributed by atoms with Gasteiger partial charge in [-0.25, -0.2) is 0 Å². The first-order valence-electron chi connectivity index (χ1n) is 34.4. The molecule has 13 nitrogen and oxygen atoms in total. The van der Waals surface area contributed by atoms with E-state index in [4.69, 9.17) is 50.6 Å². The molecule has 0 aromatic heterocycles. The lowest BCUT2D eigenvalue weighted by molar-refractivity contribution is -0.266. The van der Waals surface area contributed by atoms with E-state index >= 15 is 4.79 Å². The van der Waals surface area contributed by atoms with Crippen LogP contribution >= 0.6 is 0 Å². The van der Waals surface area contributed by atoms with Crippen LogP contribution in [0.1, 0.15) is 188 Å². The summed E-state index contributed by atoms with van der Waals surface area (Å²) in [6, 6.07) is 0. The molecule has 88 heavy (non-hydrogen) atoms. The van der Waals surface area contributed by atoms with Crippen LogP contribution in [0.5, 0.6) is 0 Å². The van der Waals surface area contributed by atoms with Crippen molar-refractivity contribution in [3.05, 3.63) is 36.5 Å². The van der Waals surface area contributed by atoms with Crippen molar-refractivity contribution in [2.45, 2.75) is 376 Å². The lowest BCUT2D eigenvalue weighted by atomic mass is 9.81. The predicted octanol–water partition coefficient (Wildman–Crippen LogP) is 17.0. The maximum Gasteiger partial charge on any atom is 0.193 e. The van der Waals surface area contributed by atoms with Crippen LogP contribution < -0.4 is 0 Å². The first kappa shape index (κ1) is 76.5. The summed E-state index contributed by atoms with van der Waals surface area (Å²) >= 11 is 0. The smallest absolute Gasteiger partial charge is 0.193 e. The van der Waals surface area contributed by atoms with Crippen molar-refractivity contribution < 1.29 is 60.5 Å². The van der Waals surface area contributed by atoms with Crippen molar-refractivity contribution in [1.82, 2.24) is 0 Å². The molecule has 5 saturated heterocycles. The summed E-state index contributed by atoms with van der Waals surface area (Å²) in [5, 5.41) is 11.5. The number of aliphatic hydroxyl groups excluding tert-OH is 1. The molecule has 8 bridgehead atoms. The summed E-state index contributed by atoms with van der Waals surface area (Å²) in [5.74, 6) is 0.0699. The SMILES string of the molecule is C=C1CC2CCC(O)/C=C/[C@H](O[Si](C)(C)C(C)(C)C)[C@@H]3O[C@H]4CCC(CC(=O)C[C@@H]5[C@@H](OC)[C@@H](C[C@H](CO[Si](C)(C)C(C)(C)C)O[Si](C)(C)C(C)(C)C)O[C@H]5CC5O[C@@H](CCC1O2)C[C@@H](C)C5=C)O[C@@H]4[C@@H](O[Si](C)(C)C(C)(C)C)[C@@H]3O[Si](C)(C)C(C)(C)C. The molecule has 0 aromatic rings. The van der Waals surface area contributed by atoms with E-state index in [1.54, 1.807) is 7.11 Å². The van der Waals surface area contributed by atoms with E-state index < -0.39 is 84.3 Å². The summed E-state index contributed by atoms with van der Waals surface area (Å²) in [4.78, 5) is 15.4. The maximum absolute atomic E-state index is 15.4. The second-order valence-electron chi connectivity index (χ2n) is 35.7. The number of Topliss-reactive ketones (excluding diaryl/α,β-unsaturated/α-hetero) is 1. The molecule has 8 rings (SSSR count). The summed E-state index contributed by atoms with van der Waals surface area (Å²) in [5.41, 5.74) is 2.17. The van der Waals surface area contributed by atoms with Crippen LogP contribution in [0, 0.1) is 11.8 Å². The Kier molecular flexibility index (Phi) is 24.9. The van der Waals surface area contributed by atoms with Gasteiger partial charge in [0, 0.05) is 38.7 Å². The molecule has 510 valence electrons. The Morgan fingerprint density at radius 2 is 1.06 bits per heavy atom. The average Bonchev–Trinajstić information content (AvgIpc) is 0.954. The van der Waals surface area contributed by atoms with Gasteiger partial charge >= 0.3 is 0 Å². The van der Waals surface area contributed by atoms with Crippen LogP contribution in [0.4, 0.5) is 0 Å². The molecule has 1 N–H and O–H groups in total. The zero-order valence-electron chi connectivity index (χ0n) is 61.0. The van der Waals surface area contributed by atoms with Crippen molar-refractivity contribution in [3.8, 4) is 0 Å². The second-order valence-corrected chi connectivity index (χ2v) is 59.5. The van der Waals surface area contributed by atoms with Crippen LogP contribution in [0.2, 0.25) is 90.7 Å². The predicted molar refractivity (Wildman–Crippen MR) is 372 cm³/mol. The minimum Gasteiger partial charge on any atom is -0.414 e. The van der Waals surface area contributed by atoms with Gasteiger partial charge in [0.15, 0.2) is 41.6 Å². The second kappa shape index (κ2) is 28.7. The molecule has 18 atom stereocenters. The average molecular weight is 1320 g/mol. The van der Waals surface area contributed by atoms with Crippen molar-refractivity contribution in [3.63, 3.8) is 0 Å². The minimum atomic E-state index is -2.58. The Labute approximate surface area is 543 Å². The van der Waals surface area contributed by atoms with Gasteiger partial charge in [0.2, 0.25) is 0 Å². The zero-order valence-corrected chi connectivity index (χ0v) is 66.0. The van der Waals surface area contributed by atoms with E-state index in [1.165, 1.54) is 0 Å². The largest absolute Gasteiger partial charge is 0.414 e. The Bertz CT molecular complexity index is 2360. The first-order chi connectivity index (χ1) is 40.0. The van der Waals surface area contributed by atoms with Gasteiger partial charge in [0.05, 0.1) is 79.9 Å². The number of ketones is 1. The monoisotopic (exact) mass is 1320 g/mol. The standard InChI is InChI=1S/C70H132O13Si5/c1-45-38-51-33-36-55-46(2)39-50(75-55)32-30-48(71)31-35-57(81-86(24,25)68(10,11)12)63-65(83-88(28,29)70(16,17)18)64(82-87(26,27)69(13,14)15)62-56(79-63)37-34-52(77-62)40-49(72)41-54-59(43-58(76-51)47(45)3)78-60(61(54)73-19)42-53(80-85(22,23)67(7,8)9)44-74-84(20,21)66(4,5)6/h31,35,45,48,50-65,71H,2-3,30,32-34,36-44H2,1,4-29H3/b35-31+/t45-,48?,50?,51+,52?,53-,54+,55?,56+,57+,58?,59+,60-,61-,62+,63+,64-,65-/m1/s1. The molecule has 18 heteroatoms. The Hall–Kier alpha value is -0.506. The molecule has 0 spiro atoms. The van der Waals surface area contributed by atoms with Gasteiger partial charge in [-0.15, -0.1) is 0 Å². The van der Waals surface area contributed by atoms with E-state index in [9.17, 15) is 5.11 Å². The van der Waals surface area contributed by atoms with Gasteiger partial charge in [0.1, 0.15) is 30.2 Å². The molecule has 0 amide bonds. The third-order valence-corrected chi connectivity index (χ3v) is 46.1. The third kappa shape index (κ3) is 18.7. The van der Waals surface area contributed by atoms with E-state index in [-0.39, 0.29) is 111 Å². The molecule has 8 aliphatic rings. The number of carbonyl (C=O) groups is 1. The topological polar surface area (TPSA) is 139 Å². The molecule has 8 aliphatic heterocycles. The molecule has 0 aliphatic carbocycles. The number of hydrogen-bond acceptors (Lipinski definition) is 13. The van der Waals surface area contributed by atoms with E-state index in [2.05, 4.69) is 195 Å². The number of methoxy groups -OCH3 is 1. The Balaban J connectivity index is 1.45. The summed E-state index contributed by atoms with van der Waals surface area (Å²) < 4.78 is 80.5. The fourth-order valence-electron chi connectivity index (χ4n) is 12.5. The number of ether oxygens (including phenoxy) is 6. The molecule has 0 aromatic carbocycles. The molecule has 5 fully saturated rings. The Morgan fingerprint density at radius 1 is 0.545 bits per heavy atom. The third-order valence-electron chi connectivity index (χ3n) is 23.7. The molecular weight excluding hydrogens is 1190 g/mol. The molecule has 8 heterocycles. The zero-order chi connectivity index (χ0) is 66.5. The van der Waals surface area contributed by atoms with Crippen molar-refractivity contribution in [2.24, 2.45) is 11.8 Å². The number of carbonyl (C=O) groups excluding carboxylic acids is 1. The summed E-state index contributed by atoms with van der Waals surface area (Å²) in [7, 11) is -10.3. The highest BCUT2D eigenvalue weighted by Gasteiger charge is 2.59. The van der Waals surface area contributed by atoms with Gasteiger partial charge in [0.25, 0.3) is 0 Å². The summed E-state index contributed by atoms with van der Waals surface area (Å²) in [6.45, 7) is 69.2. The van der Waals surface area contributed by atoms with E-state index in [0.29, 0.717) is 45.1 Å². The van der Waals surface area contributed by atoms with Crippen molar-refractivity contribution in [1.29, 1.82) is 0 Å². The van der Waals surface area contributed by atoms with Gasteiger partial charge in [-0.1, -0.05) is 136 Å². The molecule has 0 saturated carbocycles. The first-order valence-corrected chi connectivity index (χ1v) is 48.9. The number of rotatable bonds is 14. The number of fused-ring (bicyclic) bond motifs is 2. The van der Waals surface area contributed by atoms with Crippen LogP contribution in [0.3, 0.4) is 0 Å². The molecule has 5 unspecified atom stereocenters. The van der Waals surface area contributed by atoms with Gasteiger partial charge < -0.3 is 55.7 Å². The van der Waals surface area contributed by atoms with Gasteiger partial charge in [-0.2, -0.15) is 0 Å². The normalized spacial score (nSPS) is 35.4. The summed E-state index contributed by atoms with van der Waals surface area (Å²) in [6.07, 6.45) is 5.27. The lowest BCUT2D eigenvalue weighted by Gasteiger charge is -2.56. The lowest BCUT2D eigenvalue weighted by Crippen LogP contribution is -2.69. The highest BCUT2D eigenvalue weighted by atomic mass is 28.4. The van der Waals surface area contributed by atoms with E-state index in [1.807, 2.05) is 6.08 Å². The van der Waals surface area contributed by atoms with E-state index in [0.717, 1.165) is 36.8 Å². The van der Waals surface area contributed by atoms with Crippen LogP contribution in [-0.2, 0) is 55.3 Å². The fourth-order valence-corrected chi connectivity index (χ4v) is 18.8. The molecular formula is C70H132O13Si5. The van der Waals surface area contributed by atoms with Gasteiger partial charge in [-0.05, 0) is 159 Å². The van der Waals surface area contributed by atoms with Crippen LogP contribution in [0.25, 0.3) is 0 Å². The highest BCUT2D eigenvalue weighted by Crippen LogP contribution is 2.50. The van der Waals surface area contributed by atoms with Crippen LogP contribution in [-0.4, -0.2) is 164 Å². The van der Waals surface area contributed by atoms with Crippen molar-refractivity contribution >= 4 is 47.4 Å². The number of hydrogen-bond donors (Lipinski definition) is 1. The molecule has 0 radical (unpaired) electrons. The van der Waals surface area contributed by atoms with Crippen LogP contribution in [0.15, 0.2) is 36.5 Å². The van der Waals surface area contributed by atoms with Gasteiger partial charge in [-0.3, -0.25) is 4.79 Å². The highest BCUT2D eigenvalue weighted by molar-refractivity contribution is 6.76. The maximum atomic E-state index is 15.4. The fraction of sp³-hybridized carbons (Fsp3) is 0.900. The quantitative estimate of drug-likeness (QED) is 0.131. The Morgan fingerprint density at radius 3 is 1.61 bits per heavy atom. The number of aliphatic hydroxyl groups is 1.